The van der Waals surface area contributed by atoms with Gasteiger partial charge in [0.2, 0.25) is 0 Å². The van der Waals surface area contributed by atoms with Gasteiger partial charge in [0.25, 0.3) is 0 Å². The Morgan fingerprint density at radius 1 is 0.708 bits per heavy atom. The molecule has 0 amide bonds. The number of rotatable bonds is 2. The van der Waals surface area contributed by atoms with Crippen LogP contribution in [-0.2, 0) is 0 Å². The predicted molar refractivity (Wildman–Crippen MR) is 92.8 cm³/mol. The van der Waals surface area contributed by atoms with Crippen LogP contribution in [0.4, 0.5) is 0 Å². The lowest BCUT2D eigenvalue weighted by Gasteiger charge is -2.16. The molecular weight excluding hydrogens is 346 g/mol. The molecule has 0 radical (unpaired) electrons. The van der Waals surface area contributed by atoms with E-state index in [1.807, 2.05) is 29.0 Å². The monoisotopic (exact) mass is 359 g/mol. The fourth-order valence-electron chi connectivity index (χ4n) is 2.77. The maximum atomic E-state index is 5.77. The van der Waals surface area contributed by atoms with Gasteiger partial charge in [-0.05, 0) is 12.1 Å². The summed E-state index contributed by atoms with van der Waals surface area (Å²) >= 11 is 3.18. The predicted octanol–water partition coefficient (Wildman–Crippen LogP) is 4.08. The summed E-state index contributed by atoms with van der Waals surface area (Å²) in [6.45, 7) is 2.32. The van der Waals surface area contributed by atoms with Crippen molar-refractivity contribution in [1.82, 2.24) is 4.98 Å². The molecule has 0 fully saturated rings. The number of fused-ring (bicyclic) bond motifs is 2. The van der Waals surface area contributed by atoms with Crippen LogP contribution in [-0.4, -0.2) is 31.4 Å². The maximum Gasteiger partial charge on any atom is 0.181 e. The number of aromatic nitrogens is 1. The minimum atomic E-state index is 0.569. The SMILES string of the molecule is c1cc(-c2scc3c2OCCO3)nc(-c2scc3c2OCCO3)c1. The van der Waals surface area contributed by atoms with Gasteiger partial charge in [-0.15, -0.1) is 22.7 Å². The molecule has 0 spiro atoms. The van der Waals surface area contributed by atoms with Crippen molar-refractivity contribution in [2.45, 2.75) is 0 Å². The molecule has 3 aromatic rings. The Morgan fingerprint density at radius 3 is 1.75 bits per heavy atom. The first-order chi connectivity index (χ1) is 11.9. The van der Waals surface area contributed by atoms with E-state index in [9.17, 15) is 0 Å². The summed E-state index contributed by atoms with van der Waals surface area (Å²) in [7, 11) is 0. The van der Waals surface area contributed by atoms with E-state index in [4.69, 9.17) is 23.9 Å². The van der Waals surface area contributed by atoms with Crippen LogP contribution in [0.5, 0.6) is 23.0 Å². The van der Waals surface area contributed by atoms with Gasteiger partial charge in [-0.2, -0.15) is 0 Å². The average molecular weight is 359 g/mol. The fourth-order valence-corrected chi connectivity index (χ4v) is 4.57. The van der Waals surface area contributed by atoms with Crippen molar-refractivity contribution >= 4 is 22.7 Å². The lowest BCUT2D eigenvalue weighted by atomic mass is 10.2. The van der Waals surface area contributed by atoms with E-state index in [1.165, 1.54) is 0 Å². The Morgan fingerprint density at radius 2 is 1.21 bits per heavy atom. The van der Waals surface area contributed by atoms with E-state index in [2.05, 4.69) is 0 Å². The number of hydrogen-bond acceptors (Lipinski definition) is 7. The van der Waals surface area contributed by atoms with Crippen LogP contribution >= 0.6 is 22.7 Å². The zero-order valence-electron chi connectivity index (χ0n) is 12.6. The fraction of sp³-hybridized carbons (Fsp3) is 0.235. The molecule has 2 aliphatic rings. The molecule has 0 N–H and O–H groups in total. The second-order valence-corrected chi connectivity index (χ2v) is 7.08. The molecule has 0 saturated carbocycles. The quantitative estimate of drug-likeness (QED) is 0.690. The van der Waals surface area contributed by atoms with E-state index in [1.54, 1.807) is 22.7 Å². The molecule has 0 unspecified atom stereocenters. The third-order valence-electron chi connectivity index (χ3n) is 3.82. The first kappa shape index (κ1) is 14.1. The Balaban J connectivity index is 1.58. The van der Waals surface area contributed by atoms with Crippen LogP contribution in [0.15, 0.2) is 29.0 Å². The van der Waals surface area contributed by atoms with E-state index in [-0.39, 0.29) is 0 Å². The minimum absolute atomic E-state index is 0.569. The maximum absolute atomic E-state index is 5.77. The van der Waals surface area contributed by atoms with E-state index in [0.29, 0.717) is 26.4 Å². The number of nitrogens with zero attached hydrogens (tertiary/aromatic N) is 1. The Labute approximate surface area is 146 Å². The third-order valence-corrected chi connectivity index (χ3v) is 5.74. The van der Waals surface area contributed by atoms with Crippen molar-refractivity contribution in [3.63, 3.8) is 0 Å². The smallest absolute Gasteiger partial charge is 0.181 e. The molecule has 0 bridgehead atoms. The molecule has 0 aliphatic carbocycles. The van der Waals surface area contributed by atoms with Crippen molar-refractivity contribution in [2.75, 3.05) is 26.4 Å². The van der Waals surface area contributed by atoms with Crippen molar-refractivity contribution < 1.29 is 18.9 Å². The van der Waals surface area contributed by atoms with E-state index >= 15 is 0 Å². The summed E-state index contributed by atoms with van der Waals surface area (Å²) in [6, 6.07) is 5.99. The summed E-state index contributed by atoms with van der Waals surface area (Å²) in [6.07, 6.45) is 0. The highest BCUT2D eigenvalue weighted by Gasteiger charge is 2.23. The minimum Gasteiger partial charge on any atom is -0.485 e. The van der Waals surface area contributed by atoms with Crippen LogP contribution in [0.1, 0.15) is 0 Å². The number of hydrogen-bond donors (Lipinski definition) is 0. The molecule has 5 nitrogen and oxygen atoms in total. The molecule has 0 atom stereocenters. The molecule has 5 heterocycles. The first-order valence-corrected chi connectivity index (χ1v) is 9.38. The zero-order chi connectivity index (χ0) is 15.9. The number of pyridine rings is 1. The highest BCUT2D eigenvalue weighted by atomic mass is 32.1. The van der Waals surface area contributed by atoms with Crippen molar-refractivity contribution in [3.8, 4) is 44.1 Å². The van der Waals surface area contributed by atoms with Crippen LogP contribution in [0.25, 0.3) is 21.1 Å². The number of ether oxygens (including phenoxy) is 4. The second-order valence-electron chi connectivity index (χ2n) is 5.32. The van der Waals surface area contributed by atoms with Gasteiger partial charge in [0, 0.05) is 10.8 Å². The van der Waals surface area contributed by atoms with Gasteiger partial charge in [0.15, 0.2) is 23.0 Å². The molecule has 122 valence electrons. The van der Waals surface area contributed by atoms with Crippen LogP contribution < -0.4 is 18.9 Å². The van der Waals surface area contributed by atoms with Gasteiger partial charge in [-0.1, -0.05) is 6.07 Å². The Bertz CT molecular complexity index is 832. The molecule has 0 aromatic carbocycles. The van der Waals surface area contributed by atoms with Crippen LogP contribution in [0.3, 0.4) is 0 Å². The van der Waals surface area contributed by atoms with Gasteiger partial charge in [0.1, 0.15) is 26.4 Å². The number of thiophene rings is 2. The highest BCUT2D eigenvalue weighted by molar-refractivity contribution is 7.14. The Kier molecular flexibility index (Phi) is 3.34. The van der Waals surface area contributed by atoms with Crippen molar-refractivity contribution in [1.29, 1.82) is 0 Å². The van der Waals surface area contributed by atoms with Gasteiger partial charge >= 0.3 is 0 Å². The normalized spacial score (nSPS) is 15.3. The van der Waals surface area contributed by atoms with Gasteiger partial charge in [0.05, 0.1) is 21.1 Å². The van der Waals surface area contributed by atoms with Crippen molar-refractivity contribution in [2.24, 2.45) is 0 Å². The summed E-state index contributed by atoms with van der Waals surface area (Å²) in [5.41, 5.74) is 1.76. The lowest BCUT2D eigenvalue weighted by molar-refractivity contribution is 0.174. The summed E-state index contributed by atoms with van der Waals surface area (Å²) < 4.78 is 22.8. The lowest BCUT2D eigenvalue weighted by Crippen LogP contribution is -2.14. The molecule has 5 rings (SSSR count). The average Bonchev–Trinajstić information content (AvgIpc) is 3.26. The van der Waals surface area contributed by atoms with Gasteiger partial charge in [-0.3, -0.25) is 0 Å². The van der Waals surface area contributed by atoms with Crippen LogP contribution in [0.2, 0.25) is 0 Å². The molecule has 2 aliphatic heterocycles. The summed E-state index contributed by atoms with van der Waals surface area (Å²) in [5, 5.41) is 3.95. The van der Waals surface area contributed by atoms with Gasteiger partial charge < -0.3 is 18.9 Å². The molecule has 3 aromatic heterocycles. The van der Waals surface area contributed by atoms with E-state index in [0.717, 1.165) is 44.1 Å². The zero-order valence-corrected chi connectivity index (χ0v) is 14.2. The topological polar surface area (TPSA) is 49.8 Å². The van der Waals surface area contributed by atoms with Crippen LogP contribution in [0, 0.1) is 0 Å². The highest BCUT2D eigenvalue weighted by Crippen LogP contribution is 2.47. The summed E-state index contributed by atoms with van der Waals surface area (Å²) in [5.74, 6) is 3.20. The molecule has 0 saturated heterocycles. The van der Waals surface area contributed by atoms with E-state index < -0.39 is 0 Å². The second kappa shape index (κ2) is 5.68. The van der Waals surface area contributed by atoms with Crippen molar-refractivity contribution in [3.05, 3.63) is 29.0 Å². The molecule has 24 heavy (non-hydrogen) atoms. The largest absolute Gasteiger partial charge is 0.485 e. The third kappa shape index (κ3) is 2.23. The summed E-state index contributed by atoms with van der Waals surface area (Å²) in [4.78, 5) is 6.81. The molecule has 7 heteroatoms. The Hall–Kier alpha value is -2.25. The molecular formula is C17H13NO4S2. The first-order valence-electron chi connectivity index (χ1n) is 7.62. The standard InChI is InChI=1S/C17H13NO4S2/c1-2-10(16-14-12(8-23-16)19-4-6-21-14)18-11(3-1)17-15-13(9-24-17)20-5-7-22-15/h1-3,8-9H,4-7H2. The van der Waals surface area contributed by atoms with Gasteiger partial charge in [-0.25, -0.2) is 4.98 Å².